The minimum atomic E-state index is 0.224. The van der Waals surface area contributed by atoms with Crippen LogP contribution in [0, 0.1) is 11.8 Å². The van der Waals surface area contributed by atoms with Crippen molar-refractivity contribution in [3.63, 3.8) is 0 Å². The molecular formula is C15H19Cl2NO. The van der Waals surface area contributed by atoms with Crippen LogP contribution in [0.5, 0.6) is 0 Å². The molecule has 1 N–H and O–H groups in total. The van der Waals surface area contributed by atoms with Gasteiger partial charge in [0.2, 0.25) is 0 Å². The van der Waals surface area contributed by atoms with Crippen LogP contribution in [0.15, 0.2) is 18.2 Å². The Morgan fingerprint density at radius 1 is 1.37 bits per heavy atom. The van der Waals surface area contributed by atoms with Crippen LogP contribution in [0.2, 0.25) is 10.0 Å². The lowest BCUT2D eigenvalue weighted by atomic mass is 9.93. The van der Waals surface area contributed by atoms with Crippen LogP contribution in [-0.4, -0.2) is 26.3 Å². The molecule has 1 saturated heterocycles. The summed E-state index contributed by atoms with van der Waals surface area (Å²) in [5, 5.41) is 4.76. The fourth-order valence-electron chi connectivity index (χ4n) is 3.56. The van der Waals surface area contributed by atoms with Gasteiger partial charge >= 0.3 is 0 Å². The molecule has 0 aromatic heterocycles. The molecule has 1 aliphatic carbocycles. The molecule has 104 valence electrons. The summed E-state index contributed by atoms with van der Waals surface area (Å²) in [5.74, 6) is 1.30. The average molecular weight is 300 g/mol. The van der Waals surface area contributed by atoms with E-state index in [9.17, 15) is 0 Å². The van der Waals surface area contributed by atoms with Gasteiger partial charge < -0.3 is 10.1 Å². The quantitative estimate of drug-likeness (QED) is 0.840. The van der Waals surface area contributed by atoms with E-state index in [1.807, 2.05) is 12.1 Å². The van der Waals surface area contributed by atoms with Crippen molar-refractivity contribution in [2.45, 2.75) is 18.8 Å². The van der Waals surface area contributed by atoms with Gasteiger partial charge in [-0.25, -0.2) is 0 Å². The Morgan fingerprint density at radius 2 is 2.21 bits per heavy atom. The highest BCUT2D eigenvalue weighted by Crippen LogP contribution is 2.62. The first-order chi connectivity index (χ1) is 9.20. The van der Waals surface area contributed by atoms with E-state index in [2.05, 4.69) is 18.3 Å². The molecule has 0 bridgehead atoms. The molecule has 1 heterocycles. The average Bonchev–Trinajstić information content (AvgIpc) is 2.81. The smallest absolute Gasteiger partial charge is 0.0595 e. The third-order valence-corrected chi connectivity index (χ3v) is 5.32. The van der Waals surface area contributed by atoms with Crippen LogP contribution in [0.4, 0.5) is 0 Å². The summed E-state index contributed by atoms with van der Waals surface area (Å²) in [6.07, 6.45) is 1.08. The summed E-state index contributed by atoms with van der Waals surface area (Å²) in [6, 6.07) is 6.06. The molecule has 2 nitrogen and oxygen atoms in total. The molecule has 2 unspecified atom stereocenters. The maximum atomic E-state index is 6.16. The molecule has 2 fully saturated rings. The molecule has 1 saturated carbocycles. The number of hydrogen-bond acceptors (Lipinski definition) is 2. The van der Waals surface area contributed by atoms with E-state index in [1.165, 1.54) is 5.56 Å². The van der Waals surface area contributed by atoms with Gasteiger partial charge in [-0.1, -0.05) is 36.2 Å². The minimum Gasteiger partial charge on any atom is -0.381 e. The lowest BCUT2D eigenvalue weighted by Crippen LogP contribution is -2.25. The summed E-state index contributed by atoms with van der Waals surface area (Å²) in [5.41, 5.74) is 1.53. The Hall–Kier alpha value is -0.280. The highest BCUT2D eigenvalue weighted by Gasteiger charge is 2.67. The normalized spacial score (nSPS) is 32.4. The Kier molecular flexibility index (Phi) is 3.78. The summed E-state index contributed by atoms with van der Waals surface area (Å²) in [6.45, 7) is 5.97. The van der Waals surface area contributed by atoms with E-state index in [0.29, 0.717) is 21.9 Å². The number of halogens is 2. The van der Waals surface area contributed by atoms with Crippen LogP contribution < -0.4 is 5.32 Å². The minimum absolute atomic E-state index is 0.224. The van der Waals surface area contributed by atoms with Crippen LogP contribution >= 0.6 is 23.2 Å². The predicted molar refractivity (Wildman–Crippen MR) is 79.1 cm³/mol. The SMILES string of the molecule is CCCOCC1[C@@H]2CNCC12c1ccc(Cl)c(Cl)c1. The van der Waals surface area contributed by atoms with Crippen LogP contribution in [0.3, 0.4) is 0 Å². The topological polar surface area (TPSA) is 21.3 Å². The highest BCUT2D eigenvalue weighted by atomic mass is 35.5. The molecule has 4 heteroatoms. The first-order valence-corrected chi connectivity index (χ1v) is 7.69. The molecule has 0 amide bonds. The van der Waals surface area contributed by atoms with Crippen molar-refractivity contribution in [1.29, 1.82) is 0 Å². The maximum absolute atomic E-state index is 6.16. The molecule has 1 aliphatic heterocycles. The molecule has 0 radical (unpaired) electrons. The van der Waals surface area contributed by atoms with Crippen molar-refractivity contribution in [2.75, 3.05) is 26.3 Å². The van der Waals surface area contributed by atoms with Crippen LogP contribution in [0.1, 0.15) is 18.9 Å². The molecule has 1 aromatic rings. The van der Waals surface area contributed by atoms with Crippen molar-refractivity contribution in [2.24, 2.45) is 11.8 Å². The van der Waals surface area contributed by atoms with Gasteiger partial charge in [0.1, 0.15) is 0 Å². The van der Waals surface area contributed by atoms with Crippen molar-refractivity contribution < 1.29 is 4.74 Å². The summed E-state index contributed by atoms with van der Waals surface area (Å²) >= 11 is 12.2. The first-order valence-electron chi connectivity index (χ1n) is 6.94. The van der Waals surface area contributed by atoms with Gasteiger partial charge in [-0.2, -0.15) is 0 Å². The number of nitrogens with one attached hydrogen (secondary N) is 1. The van der Waals surface area contributed by atoms with E-state index >= 15 is 0 Å². The Balaban J connectivity index is 1.79. The molecule has 1 aromatic carbocycles. The molecule has 2 aliphatic rings. The Labute approximate surface area is 124 Å². The lowest BCUT2D eigenvalue weighted by molar-refractivity contribution is 0.115. The van der Waals surface area contributed by atoms with Crippen molar-refractivity contribution >= 4 is 23.2 Å². The maximum Gasteiger partial charge on any atom is 0.0595 e. The zero-order valence-electron chi connectivity index (χ0n) is 11.1. The van der Waals surface area contributed by atoms with Gasteiger partial charge in [0.25, 0.3) is 0 Å². The monoisotopic (exact) mass is 299 g/mol. The Bertz CT molecular complexity index is 479. The van der Waals surface area contributed by atoms with Crippen LogP contribution in [-0.2, 0) is 10.2 Å². The number of hydrogen-bond donors (Lipinski definition) is 1. The van der Waals surface area contributed by atoms with E-state index < -0.39 is 0 Å². The van der Waals surface area contributed by atoms with Crippen LogP contribution in [0.25, 0.3) is 0 Å². The summed E-state index contributed by atoms with van der Waals surface area (Å²) in [4.78, 5) is 0. The van der Waals surface area contributed by atoms with Gasteiger partial charge in [-0.3, -0.25) is 0 Å². The lowest BCUT2D eigenvalue weighted by Gasteiger charge is -2.17. The van der Waals surface area contributed by atoms with Gasteiger partial charge in [-0.15, -0.1) is 0 Å². The zero-order chi connectivity index (χ0) is 13.5. The largest absolute Gasteiger partial charge is 0.381 e. The van der Waals surface area contributed by atoms with E-state index in [1.54, 1.807) is 0 Å². The molecule has 19 heavy (non-hydrogen) atoms. The second-order valence-electron chi connectivity index (χ2n) is 5.59. The van der Waals surface area contributed by atoms with Crippen molar-refractivity contribution in [3.8, 4) is 0 Å². The fraction of sp³-hybridized carbons (Fsp3) is 0.600. The second kappa shape index (κ2) is 5.25. The Morgan fingerprint density at radius 3 is 2.95 bits per heavy atom. The zero-order valence-corrected chi connectivity index (χ0v) is 12.6. The van der Waals surface area contributed by atoms with Crippen molar-refractivity contribution in [3.05, 3.63) is 33.8 Å². The third-order valence-electron chi connectivity index (χ3n) is 4.58. The number of fused-ring (bicyclic) bond motifs is 1. The summed E-state index contributed by atoms with van der Waals surface area (Å²) in [7, 11) is 0. The number of piperidine rings is 1. The highest BCUT2D eigenvalue weighted by molar-refractivity contribution is 6.42. The predicted octanol–water partition coefficient (Wildman–Crippen LogP) is 3.51. The first kappa shape index (κ1) is 13.7. The molecule has 3 rings (SSSR count). The number of rotatable bonds is 5. The molecular weight excluding hydrogens is 281 g/mol. The second-order valence-corrected chi connectivity index (χ2v) is 6.40. The van der Waals surface area contributed by atoms with Crippen molar-refractivity contribution in [1.82, 2.24) is 5.32 Å². The van der Waals surface area contributed by atoms with Gasteiger partial charge in [0, 0.05) is 18.6 Å². The number of benzene rings is 1. The summed E-state index contributed by atoms with van der Waals surface area (Å²) < 4.78 is 5.76. The van der Waals surface area contributed by atoms with Gasteiger partial charge in [0.05, 0.1) is 16.7 Å². The molecule has 0 spiro atoms. The van der Waals surface area contributed by atoms with Gasteiger partial charge in [0.15, 0.2) is 0 Å². The van der Waals surface area contributed by atoms with E-state index in [4.69, 9.17) is 27.9 Å². The molecule has 3 atom stereocenters. The van der Waals surface area contributed by atoms with E-state index in [0.717, 1.165) is 32.7 Å². The standard InChI is InChI=1S/C15H19Cl2NO/c1-2-5-19-8-12-11-7-18-9-15(11,12)10-3-4-13(16)14(17)6-10/h3-4,6,11-12,18H,2,5,7-9H2,1H3/t11-,12?,15?/m0/s1. The third kappa shape index (κ3) is 2.19. The fourth-order valence-corrected chi connectivity index (χ4v) is 3.86. The number of ether oxygens (including phenoxy) is 1. The van der Waals surface area contributed by atoms with E-state index in [-0.39, 0.29) is 5.41 Å². The van der Waals surface area contributed by atoms with Gasteiger partial charge in [-0.05, 0) is 42.5 Å².